The van der Waals surface area contributed by atoms with Crippen LogP contribution in [0.4, 0.5) is 4.39 Å². The van der Waals surface area contributed by atoms with Gasteiger partial charge in [0, 0.05) is 11.1 Å². The Hall–Kier alpha value is -1.00. The van der Waals surface area contributed by atoms with Crippen molar-refractivity contribution in [2.75, 3.05) is 0 Å². The summed E-state index contributed by atoms with van der Waals surface area (Å²) in [4.78, 5) is 0.0883. The molecule has 0 bridgehead atoms. The second-order valence-electron chi connectivity index (χ2n) is 5.25. The summed E-state index contributed by atoms with van der Waals surface area (Å²) in [5, 5.41) is 0. The van der Waals surface area contributed by atoms with Crippen LogP contribution in [0.25, 0.3) is 0 Å². The van der Waals surface area contributed by atoms with Gasteiger partial charge < -0.3 is 10.5 Å². The number of nitrogens with two attached hydrogens (primary N) is 1. The molecule has 0 spiro atoms. The van der Waals surface area contributed by atoms with Crippen LogP contribution < -0.4 is 5.73 Å². The molecule has 0 radical (unpaired) electrons. The fourth-order valence-corrected chi connectivity index (χ4v) is 2.77. The van der Waals surface area contributed by atoms with E-state index in [1.54, 1.807) is 18.2 Å². The van der Waals surface area contributed by atoms with E-state index in [0.717, 1.165) is 6.42 Å². The Labute approximate surface area is 119 Å². The number of benzene rings is 1. The summed E-state index contributed by atoms with van der Waals surface area (Å²) >= 11 is 4.83. The van der Waals surface area contributed by atoms with Crippen LogP contribution in [0.5, 0.6) is 0 Å². The Morgan fingerprint density at radius 2 is 2.16 bits per heavy atom. The highest BCUT2D eigenvalue weighted by atomic mass is 32.1. The largest absolute Gasteiger partial charge is 0.389 e. The Morgan fingerprint density at radius 3 is 2.84 bits per heavy atom. The van der Waals surface area contributed by atoms with E-state index in [2.05, 4.69) is 6.92 Å². The van der Waals surface area contributed by atoms with Gasteiger partial charge in [0.25, 0.3) is 0 Å². The average molecular weight is 281 g/mol. The minimum atomic E-state index is -0.349. The lowest BCUT2D eigenvalue weighted by molar-refractivity contribution is -0.0164. The molecular formula is C15H20FNOS. The van der Waals surface area contributed by atoms with E-state index < -0.39 is 0 Å². The van der Waals surface area contributed by atoms with Crippen molar-refractivity contribution in [2.24, 2.45) is 11.7 Å². The van der Waals surface area contributed by atoms with Crippen molar-refractivity contribution in [1.29, 1.82) is 0 Å². The van der Waals surface area contributed by atoms with Crippen molar-refractivity contribution in [3.05, 3.63) is 35.1 Å². The van der Waals surface area contributed by atoms with Crippen molar-refractivity contribution in [1.82, 2.24) is 0 Å². The molecule has 2 nitrogen and oxygen atoms in total. The van der Waals surface area contributed by atoms with Gasteiger partial charge in [0.15, 0.2) is 0 Å². The molecule has 19 heavy (non-hydrogen) atoms. The first-order valence-corrected chi connectivity index (χ1v) is 7.19. The molecule has 1 saturated carbocycles. The van der Waals surface area contributed by atoms with Crippen LogP contribution in [0.1, 0.15) is 43.7 Å². The average Bonchev–Trinajstić information content (AvgIpc) is 2.39. The molecule has 1 aliphatic rings. The predicted octanol–water partition coefficient (Wildman–Crippen LogP) is 3.56. The second-order valence-corrected chi connectivity index (χ2v) is 5.69. The van der Waals surface area contributed by atoms with E-state index in [0.29, 0.717) is 17.0 Å². The van der Waals surface area contributed by atoms with Gasteiger partial charge in [-0.05, 0) is 24.8 Å². The maximum absolute atomic E-state index is 14.1. The molecule has 2 atom stereocenters. The van der Waals surface area contributed by atoms with Crippen molar-refractivity contribution in [3.8, 4) is 0 Å². The zero-order valence-corrected chi connectivity index (χ0v) is 12.0. The van der Waals surface area contributed by atoms with Crippen molar-refractivity contribution < 1.29 is 9.13 Å². The second kappa shape index (κ2) is 6.44. The van der Waals surface area contributed by atoms with Crippen LogP contribution in [-0.4, -0.2) is 11.1 Å². The SMILES string of the molecule is CC1CCCCC1OCc1cccc(C(N)=S)c1F. The molecule has 2 rings (SSSR count). The highest BCUT2D eigenvalue weighted by molar-refractivity contribution is 7.80. The van der Waals surface area contributed by atoms with Gasteiger partial charge in [-0.3, -0.25) is 0 Å². The summed E-state index contributed by atoms with van der Waals surface area (Å²) in [6.07, 6.45) is 4.97. The zero-order chi connectivity index (χ0) is 13.8. The Kier molecular flexibility index (Phi) is 4.88. The summed E-state index contributed by atoms with van der Waals surface area (Å²) in [5.74, 6) is 0.203. The molecule has 0 amide bonds. The topological polar surface area (TPSA) is 35.2 Å². The molecule has 0 aliphatic heterocycles. The molecule has 1 aliphatic carbocycles. The standard InChI is InChI=1S/C15H20FNOS/c1-10-5-2-3-8-13(10)18-9-11-6-4-7-12(14(11)16)15(17)19/h4,6-7,10,13H,2-3,5,8-9H2,1H3,(H2,17,19). The Morgan fingerprint density at radius 1 is 1.42 bits per heavy atom. The minimum absolute atomic E-state index is 0.0883. The molecule has 1 aromatic carbocycles. The number of hydrogen-bond acceptors (Lipinski definition) is 2. The molecule has 1 aromatic rings. The van der Waals surface area contributed by atoms with E-state index in [1.165, 1.54) is 19.3 Å². The summed E-state index contributed by atoms with van der Waals surface area (Å²) in [5.41, 5.74) is 6.32. The van der Waals surface area contributed by atoms with Gasteiger partial charge in [0.1, 0.15) is 10.8 Å². The Balaban J connectivity index is 2.03. The molecular weight excluding hydrogens is 261 g/mol. The van der Waals surface area contributed by atoms with Crippen LogP contribution in [0.3, 0.4) is 0 Å². The van der Waals surface area contributed by atoms with E-state index in [-0.39, 0.29) is 23.5 Å². The summed E-state index contributed by atoms with van der Waals surface area (Å²) in [7, 11) is 0. The van der Waals surface area contributed by atoms with Gasteiger partial charge in [0.05, 0.1) is 12.7 Å². The molecule has 0 heterocycles. The molecule has 1 fully saturated rings. The predicted molar refractivity (Wildman–Crippen MR) is 78.5 cm³/mol. The van der Waals surface area contributed by atoms with E-state index in [1.807, 2.05) is 0 Å². The monoisotopic (exact) mass is 281 g/mol. The van der Waals surface area contributed by atoms with E-state index in [4.69, 9.17) is 22.7 Å². The van der Waals surface area contributed by atoms with Gasteiger partial charge in [0.2, 0.25) is 0 Å². The summed E-state index contributed by atoms with van der Waals surface area (Å²) < 4.78 is 20.0. The van der Waals surface area contributed by atoms with Crippen LogP contribution in [0.2, 0.25) is 0 Å². The smallest absolute Gasteiger partial charge is 0.138 e. The van der Waals surface area contributed by atoms with E-state index >= 15 is 0 Å². The summed E-state index contributed by atoms with van der Waals surface area (Å²) in [6, 6.07) is 5.09. The first kappa shape index (κ1) is 14.4. The number of ether oxygens (including phenoxy) is 1. The van der Waals surface area contributed by atoms with Gasteiger partial charge in [-0.15, -0.1) is 0 Å². The van der Waals surface area contributed by atoms with Gasteiger partial charge in [-0.1, -0.05) is 44.1 Å². The lowest BCUT2D eigenvalue weighted by atomic mass is 9.88. The highest BCUT2D eigenvalue weighted by Crippen LogP contribution is 2.27. The third-order valence-electron chi connectivity index (χ3n) is 3.83. The zero-order valence-electron chi connectivity index (χ0n) is 11.2. The maximum atomic E-state index is 14.1. The van der Waals surface area contributed by atoms with Gasteiger partial charge in [-0.25, -0.2) is 4.39 Å². The fourth-order valence-electron chi connectivity index (χ4n) is 2.61. The number of hydrogen-bond donors (Lipinski definition) is 1. The molecule has 0 saturated heterocycles. The normalized spacial score (nSPS) is 23.3. The number of thiocarbonyl (C=S) groups is 1. The molecule has 2 unspecified atom stereocenters. The first-order chi connectivity index (χ1) is 9.09. The van der Waals surface area contributed by atoms with Crippen LogP contribution in [-0.2, 0) is 11.3 Å². The summed E-state index contributed by atoms with van der Waals surface area (Å²) in [6.45, 7) is 2.49. The van der Waals surface area contributed by atoms with Crippen molar-refractivity contribution >= 4 is 17.2 Å². The lowest BCUT2D eigenvalue weighted by Gasteiger charge is -2.28. The number of rotatable bonds is 4. The highest BCUT2D eigenvalue weighted by Gasteiger charge is 2.22. The van der Waals surface area contributed by atoms with Gasteiger partial charge >= 0.3 is 0 Å². The maximum Gasteiger partial charge on any atom is 0.138 e. The third kappa shape index (κ3) is 3.51. The van der Waals surface area contributed by atoms with Crippen LogP contribution >= 0.6 is 12.2 Å². The van der Waals surface area contributed by atoms with Crippen molar-refractivity contribution in [3.63, 3.8) is 0 Å². The van der Waals surface area contributed by atoms with E-state index in [9.17, 15) is 4.39 Å². The quantitative estimate of drug-likeness (QED) is 0.857. The molecule has 0 aromatic heterocycles. The number of halogens is 1. The minimum Gasteiger partial charge on any atom is -0.389 e. The molecule has 2 N–H and O–H groups in total. The first-order valence-electron chi connectivity index (χ1n) is 6.78. The fraction of sp³-hybridized carbons (Fsp3) is 0.533. The Bertz CT molecular complexity index is 463. The van der Waals surface area contributed by atoms with Gasteiger partial charge in [-0.2, -0.15) is 0 Å². The third-order valence-corrected chi connectivity index (χ3v) is 4.05. The van der Waals surface area contributed by atoms with Crippen LogP contribution in [0, 0.1) is 11.7 Å². The molecule has 104 valence electrons. The van der Waals surface area contributed by atoms with Crippen LogP contribution in [0.15, 0.2) is 18.2 Å². The lowest BCUT2D eigenvalue weighted by Crippen LogP contribution is -2.25. The van der Waals surface area contributed by atoms with Crippen molar-refractivity contribution in [2.45, 2.75) is 45.3 Å². The molecule has 4 heteroatoms.